The van der Waals surface area contributed by atoms with Crippen molar-refractivity contribution < 1.29 is 13.2 Å². The zero-order chi connectivity index (χ0) is 14.2. The molecular weight excluding hydrogens is 281 g/mol. The first-order chi connectivity index (χ1) is 8.87. The highest BCUT2D eigenvalue weighted by molar-refractivity contribution is 6.16. The van der Waals surface area contributed by atoms with Crippen LogP contribution in [-0.2, 0) is 25.9 Å². The van der Waals surface area contributed by atoms with Crippen LogP contribution in [0.15, 0.2) is 0 Å². The third-order valence-corrected chi connectivity index (χ3v) is 3.05. The topological polar surface area (TPSA) is 35.6 Å². The van der Waals surface area contributed by atoms with Crippen molar-refractivity contribution in [3.8, 4) is 0 Å². The Hall–Kier alpha value is -1.24. The summed E-state index contributed by atoms with van der Waals surface area (Å²) in [5.74, 6) is 0.162. The van der Waals surface area contributed by atoms with Crippen molar-refractivity contribution in [3.63, 3.8) is 0 Å². The van der Waals surface area contributed by atoms with Gasteiger partial charge in [-0.05, 0) is 6.42 Å². The predicted octanol–water partition coefficient (Wildman–Crippen LogP) is 3.02. The third kappa shape index (κ3) is 2.70. The molecule has 0 saturated carbocycles. The normalized spacial score (nSPS) is 12.5. The van der Waals surface area contributed by atoms with Crippen molar-refractivity contribution in [2.75, 3.05) is 0 Å². The largest absolute Gasteiger partial charge is 0.406 e. The lowest BCUT2D eigenvalue weighted by molar-refractivity contribution is -0.140. The van der Waals surface area contributed by atoms with Gasteiger partial charge in [-0.3, -0.25) is 4.68 Å². The van der Waals surface area contributed by atoms with Gasteiger partial charge in [-0.15, -0.1) is 11.6 Å². The first kappa shape index (κ1) is 14.2. The molecule has 0 spiro atoms. The minimum absolute atomic E-state index is 0.0592. The molecule has 0 aliphatic carbocycles. The molecule has 0 aliphatic heterocycles. The quantitative estimate of drug-likeness (QED) is 0.813. The maximum absolute atomic E-state index is 12.6. The second kappa shape index (κ2) is 5.03. The third-order valence-electron chi connectivity index (χ3n) is 2.81. The van der Waals surface area contributed by atoms with Crippen LogP contribution in [0.4, 0.5) is 13.2 Å². The molecule has 0 amide bonds. The van der Waals surface area contributed by atoms with Gasteiger partial charge < -0.3 is 4.57 Å². The summed E-state index contributed by atoms with van der Waals surface area (Å²) < 4.78 is 40.4. The molecule has 0 radical (unpaired) electrons. The predicted molar refractivity (Wildman–Crippen MR) is 66.1 cm³/mol. The fourth-order valence-corrected chi connectivity index (χ4v) is 2.34. The summed E-state index contributed by atoms with van der Waals surface area (Å²) in [6, 6.07) is 0. The first-order valence-electron chi connectivity index (χ1n) is 5.91. The molecule has 0 N–H and O–H groups in total. The van der Waals surface area contributed by atoms with E-state index in [0.717, 1.165) is 11.0 Å². The van der Waals surface area contributed by atoms with Crippen molar-refractivity contribution >= 4 is 22.8 Å². The number of imidazole rings is 1. The van der Waals surface area contributed by atoms with Crippen molar-refractivity contribution in [2.45, 2.75) is 38.4 Å². The lowest BCUT2D eigenvalue weighted by Gasteiger charge is -2.10. The van der Waals surface area contributed by atoms with E-state index in [1.54, 1.807) is 7.05 Å². The molecule has 0 saturated heterocycles. The molecule has 2 heterocycles. The second-order valence-corrected chi connectivity index (χ2v) is 4.62. The van der Waals surface area contributed by atoms with Crippen LogP contribution in [0.3, 0.4) is 0 Å². The van der Waals surface area contributed by atoms with Gasteiger partial charge in [0.25, 0.3) is 0 Å². The van der Waals surface area contributed by atoms with Crippen LogP contribution in [0.2, 0.25) is 0 Å². The number of rotatable bonds is 4. The summed E-state index contributed by atoms with van der Waals surface area (Å²) in [5, 5.41) is 4.23. The average Bonchev–Trinajstić information content (AvgIpc) is 2.78. The summed E-state index contributed by atoms with van der Waals surface area (Å²) in [5.41, 5.74) is 1.60. The van der Waals surface area contributed by atoms with Crippen LogP contribution in [0.5, 0.6) is 0 Å². The number of aryl methyl sites for hydroxylation is 2. The van der Waals surface area contributed by atoms with Crippen LogP contribution >= 0.6 is 11.6 Å². The van der Waals surface area contributed by atoms with Gasteiger partial charge in [-0.1, -0.05) is 13.3 Å². The standard InChI is InChI=1S/C11H14ClF3N4/c1-3-4-7-9-10(18(2)17-7)19(6-11(13,14)15)8(5-12)16-9/h3-6H2,1-2H3. The Labute approximate surface area is 113 Å². The van der Waals surface area contributed by atoms with E-state index in [1.165, 1.54) is 4.68 Å². The highest BCUT2D eigenvalue weighted by Gasteiger charge is 2.31. The average molecular weight is 295 g/mol. The van der Waals surface area contributed by atoms with E-state index in [4.69, 9.17) is 11.6 Å². The van der Waals surface area contributed by atoms with Crippen LogP contribution < -0.4 is 0 Å². The number of aromatic nitrogens is 4. The van der Waals surface area contributed by atoms with E-state index in [0.29, 0.717) is 23.3 Å². The first-order valence-corrected chi connectivity index (χ1v) is 6.44. The summed E-state index contributed by atoms with van der Waals surface area (Å²) in [6.07, 6.45) is -2.78. The van der Waals surface area contributed by atoms with Crippen molar-refractivity contribution in [1.82, 2.24) is 19.3 Å². The smallest absolute Gasteiger partial charge is 0.303 e. The zero-order valence-electron chi connectivity index (χ0n) is 10.6. The molecule has 19 heavy (non-hydrogen) atoms. The fraction of sp³-hybridized carbons (Fsp3) is 0.636. The van der Waals surface area contributed by atoms with Crippen LogP contribution in [0.25, 0.3) is 11.2 Å². The Balaban J connectivity index is 2.60. The van der Waals surface area contributed by atoms with Crippen LogP contribution in [0.1, 0.15) is 24.9 Å². The Kier molecular flexibility index (Phi) is 3.75. The van der Waals surface area contributed by atoms with Crippen molar-refractivity contribution in [1.29, 1.82) is 0 Å². The molecule has 8 heteroatoms. The Morgan fingerprint density at radius 1 is 1.32 bits per heavy atom. The molecule has 2 rings (SSSR count). The van der Waals surface area contributed by atoms with E-state index in [9.17, 15) is 13.2 Å². The van der Waals surface area contributed by atoms with Gasteiger partial charge in [0.2, 0.25) is 0 Å². The van der Waals surface area contributed by atoms with Gasteiger partial charge in [0.05, 0.1) is 11.6 Å². The number of nitrogens with zero attached hydrogens (tertiary/aromatic N) is 4. The lowest BCUT2D eigenvalue weighted by atomic mass is 10.2. The molecule has 106 valence electrons. The fourth-order valence-electron chi connectivity index (χ4n) is 2.14. The van der Waals surface area contributed by atoms with Crippen LogP contribution in [-0.4, -0.2) is 25.5 Å². The Bertz CT molecular complexity index is 585. The Morgan fingerprint density at radius 3 is 2.53 bits per heavy atom. The summed E-state index contributed by atoms with van der Waals surface area (Å²) in [7, 11) is 1.62. The van der Waals surface area contributed by atoms with Crippen molar-refractivity contribution in [2.24, 2.45) is 7.05 Å². The second-order valence-electron chi connectivity index (χ2n) is 4.36. The number of hydrogen-bond donors (Lipinski definition) is 0. The number of hydrogen-bond acceptors (Lipinski definition) is 2. The van der Waals surface area contributed by atoms with E-state index in [-0.39, 0.29) is 11.7 Å². The van der Waals surface area contributed by atoms with Gasteiger partial charge in [0.15, 0.2) is 5.65 Å². The van der Waals surface area contributed by atoms with Gasteiger partial charge in [0.1, 0.15) is 17.9 Å². The summed E-state index contributed by atoms with van der Waals surface area (Å²) in [4.78, 5) is 4.20. The molecule has 0 fully saturated rings. The van der Waals surface area contributed by atoms with E-state index in [1.807, 2.05) is 6.92 Å². The van der Waals surface area contributed by atoms with E-state index >= 15 is 0 Å². The molecule has 2 aromatic rings. The molecule has 0 unspecified atom stereocenters. The minimum Gasteiger partial charge on any atom is -0.303 e. The molecule has 0 bridgehead atoms. The molecule has 0 aliphatic rings. The Morgan fingerprint density at radius 2 is 2.00 bits per heavy atom. The van der Waals surface area contributed by atoms with Crippen LogP contribution in [0, 0.1) is 0 Å². The highest BCUT2D eigenvalue weighted by atomic mass is 35.5. The number of halogens is 4. The minimum atomic E-state index is -4.32. The monoisotopic (exact) mass is 294 g/mol. The zero-order valence-corrected chi connectivity index (χ0v) is 11.4. The molecule has 0 aromatic carbocycles. The van der Waals surface area contributed by atoms with Gasteiger partial charge >= 0.3 is 6.18 Å². The number of alkyl halides is 4. The maximum atomic E-state index is 12.6. The van der Waals surface area contributed by atoms with Gasteiger partial charge in [-0.25, -0.2) is 4.98 Å². The lowest BCUT2D eigenvalue weighted by Crippen LogP contribution is -2.20. The summed E-state index contributed by atoms with van der Waals surface area (Å²) in [6.45, 7) is 0.881. The number of fused-ring (bicyclic) bond motifs is 1. The summed E-state index contributed by atoms with van der Waals surface area (Å²) >= 11 is 5.69. The molecule has 2 aromatic heterocycles. The molecular formula is C11H14ClF3N4. The molecule has 0 atom stereocenters. The SMILES string of the molecule is CCCc1nn(C)c2c1nc(CCl)n2CC(F)(F)F. The van der Waals surface area contributed by atoms with E-state index in [2.05, 4.69) is 10.1 Å². The maximum Gasteiger partial charge on any atom is 0.406 e. The van der Waals surface area contributed by atoms with E-state index < -0.39 is 12.7 Å². The van der Waals surface area contributed by atoms with Gasteiger partial charge in [-0.2, -0.15) is 18.3 Å². The van der Waals surface area contributed by atoms with Crippen molar-refractivity contribution in [3.05, 3.63) is 11.5 Å². The molecule has 4 nitrogen and oxygen atoms in total. The van der Waals surface area contributed by atoms with Gasteiger partial charge in [0, 0.05) is 7.05 Å². The highest BCUT2D eigenvalue weighted by Crippen LogP contribution is 2.26.